The first-order valence-corrected chi connectivity index (χ1v) is 10.6. The third-order valence-electron chi connectivity index (χ3n) is 5.20. The lowest BCUT2D eigenvalue weighted by atomic mass is 9.87. The second-order valence-corrected chi connectivity index (χ2v) is 8.95. The Hall–Kier alpha value is -2.00. The van der Waals surface area contributed by atoms with E-state index in [-0.39, 0.29) is 11.7 Å². The van der Waals surface area contributed by atoms with Crippen LogP contribution in [0.2, 0.25) is 0 Å². The van der Waals surface area contributed by atoms with E-state index in [9.17, 15) is 13.6 Å². The molecule has 0 amide bonds. The van der Waals surface area contributed by atoms with Crippen LogP contribution in [0.25, 0.3) is 17.1 Å². The molecule has 1 fully saturated rings. The Morgan fingerprint density at radius 1 is 1.38 bits per heavy atom. The first-order valence-electron chi connectivity index (χ1n) is 9.01. The summed E-state index contributed by atoms with van der Waals surface area (Å²) in [6.45, 7) is 2.91. The highest BCUT2D eigenvalue weighted by Crippen LogP contribution is 2.39. The molecule has 1 N–H and O–H groups in total. The number of aromatic nitrogens is 2. The number of piperidine rings is 1. The number of pyridine rings is 1. The van der Waals surface area contributed by atoms with Gasteiger partial charge >= 0.3 is 7.48 Å². The van der Waals surface area contributed by atoms with Gasteiger partial charge in [-0.2, -0.15) is 4.73 Å². The SMILES string of the molecule is CCCS(=O)(=O)N1CCC(c2cn(O)c3ncc4c(c23)C=CBO4)CC1. The normalized spacial score (nSPS) is 18.5. The van der Waals surface area contributed by atoms with Gasteiger partial charge in [0, 0.05) is 30.2 Å². The number of hydrogen-bond donors (Lipinski definition) is 1. The number of hydrogen-bond acceptors (Lipinski definition) is 5. The molecule has 0 aromatic carbocycles. The molecule has 138 valence electrons. The first-order chi connectivity index (χ1) is 12.5. The Morgan fingerprint density at radius 3 is 2.88 bits per heavy atom. The van der Waals surface area contributed by atoms with E-state index in [1.54, 1.807) is 16.7 Å². The number of fused-ring (bicyclic) bond motifs is 3. The minimum Gasteiger partial charge on any atom is -0.558 e. The molecule has 0 spiro atoms. The van der Waals surface area contributed by atoms with Gasteiger partial charge in [-0.3, -0.25) is 0 Å². The summed E-state index contributed by atoms with van der Waals surface area (Å²) in [5, 5.41) is 11.2. The van der Waals surface area contributed by atoms with Gasteiger partial charge in [-0.15, -0.1) is 0 Å². The van der Waals surface area contributed by atoms with E-state index < -0.39 is 10.0 Å². The molecular weight excluding hydrogens is 353 g/mol. The van der Waals surface area contributed by atoms with Crippen molar-refractivity contribution < 1.29 is 18.3 Å². The zero-order valence-corrected chi connectivity index (χ0v) is 15.6. The summed E-state index contributed by atoms with van der Waals surface area (Å²) in [5.41, 5.74) is 2.45. The highest BCUT2D eigenvalue weighted by Gasteiger charge is 2.30. The second kappa shape index (κ2) is 6.63. The summed E-state index contributed by atoms with van der Waals surface area (Å²) in [4.78, 5) is 4.34. The van der Waals surface area contributed by atoms with E-state index in [1.807, 2.05) is 19.0 Å². The summed E-state index contributed by atoms with van der Waals surface area (Å²) in [6, 6.07) is 0. The zero-order chi connectivity index (χ0) is 18.3. The maximum atomic E-state index is 12.3. The lowest BCUT2D eigenvalue weighted by Gasteiger charge is -2.31. The third-order valence-corrected chi connectivity index (χ3v) is 7.27. The Balaban J connectivity index is 1.66. The third kappa shape index (κ3) is 2.89. The molecule has 4 heterocycles. The van der Waals surface area contributed by atoms with Crippen LogP contribution in [0.4, 0.5) is 0 Å². The van der Waals surface area contributed by atoms with Crippen molar-refractivity contribution in [2.75, 3.05) is 18.8 Å². The van der Waals surface area contributed by atoms with Crippen molar-refractivity contribution in [2.24, 2.45) is 0 Å². The molecular formula is C17H22BN3O4S. The largest absolute Gasteiger partial charge is 0.558 e. The molecule has 4 rings (SSSR count). The van der Waals surface area contributed by atoms with Gasteiger partial charge in [-0.1, -0.05) is 19.0 Å². The summed E-state index contributed by atoms with van der Waals surface area (Å²) in [6.07, 6.45) is 7.45. The van der Waals surface area contributed by atoms with E-state index in [0.717, 1.165) is 39.8 Å². The molecule has 9 heteroatoms. The average Bonchev–Trinajstić information content (AvgIpc) is 2.99. The van der Waals surface area contributed by atoms with Gasteiger partial charge < -0.3 is 9.86 Å². The Labute approximate surface area is 153 Å². The van der Waals surface area contributed by atoms with E-state index in [4.69, 9.17) is 4.65 Å². The summed E-state index contributed by atoms with van der Waals surface area (Å²) in [7, 11) is -2.64. The molecule has 2 aromatic rings. The van der Waals surface area contributed by atoms with Crippen molar-refractivity contribution in [2.45, 2.75) is 32.1 Å². The average molecular weight is 375 g/mol. The molecule has 0 aliphatic carbocycles. The molecule has 7 nitrogen and oxygen atoms in total. The fourth-order valence-corrected chi connectivity index (χ4v) is 5.48. The van der Waals surface area contributed by atoms with Gasteiger partial charge in [-0.05, 0) is 30.7 Å². The van der Waals surface area contributed by atoms with Gasteiger partial charge in [0.15, 0.2) is 5.65 Å². The van der Waals surface area contributed by atoms with Gasteiger partial charge in [0.2, 0.25) is 10.0 Å². The second-order valence-electron chi connectivity index (χ2n) is 6.87. The van der Waals surface area contributed by atoms with Crippen molar-refractivity contribution in [3.05, 3.63) is 29.5 Å². The molecule has 0 saturated carbocycles. The fourth-order valence-electron chi connectivity index (χ4n) is 3.94. The lowest BCUT2D eigenvalue weighted by molar-refractivity contribution is 0.197. The molecule has 2 aliphatic rings. The van der Waals surface area contributed by atoms with E-state index in [0.29, 0.717) is 32.6 Å². The summed E-state index contributed by atoms with van der Waals surface area (Å²) >= 11 is 0. The predicted molar refractivity (Wildman–Crippen MR) is 101 cm³/mol. The fraction of sp³-hybridized carbons (Fsp3) is 0.471. The van der Waals surface area contributed by atoms with Crippen LogP contribution in [-0.2, 0) is 10.0 Å². The van der Waals surface area contributed by atoms with E-state index in [2.05, 4.69) is 4.98 Å². The van der Waals surface area contributed by atoms with E-state index in [1.165, 1.54) is 0 Å². The van der Waals surface area contributed by atoms with Gasteiger partial charge in [0.1, 0.15) is 5.75 Å². The van der Waals surface area contributed by atoms with Crippen LogP contribution in [0.1, 0.15) is 43.2 Å². The minimum atomic E-state index is -3.16. The Kier molecular flexibility index (Phi) is 4.44. The maximum Gasteiger partial charge on any atom is 0.366 e. The number of rotatable bonds is 4. The number of nitrogens with zero attached hydrogens (tertiary/aromatic N) is 3. The standard InChI is InChI=1S/C17H22BN3O4S/c1-2-9-26(23,24)20-7-4-12(5-8-20)14-11-21(22)17-16(14)13-3-6-18-25-15(13)10-19-17/h3,6,10-12,18,22H,2,4-5,7-9H2,1H3. The van der Waals surface area contributed by atoms with Gasteiger partial charge in [-0.25, -0.2) is 17.7 Å². The minimum absolute atomic E-state index is 0.183. The van der Waals surface area contributed by atoms with Crippen LogP contribution in [0, 0.1) is 0 Å². The Morgan fingerprint density at radius 2 is 2.15 bits per heavy atom. The lowest BCUT2D eigenvalue weighted by Crippen LogP contribution is -2.39. The highest BCUT2D eigenvalue weighted by atomic mass is 32.2. The van der Waals surface area contributed by atoms with Gasteiger partial charge in [0.05, 0.1) is 11.9 Å². The van der Waals surface area contributed by atoms with Crippen LogP contribution in [0.5, 0.6) is 5.75 Å². The summed E-state index contributed by atoms with van der Waals surface area (Å²) in [5.74, 6) is 3.05. The van der Waals surface area contributed by atoms with Crippen molar-refractivity contribution in [1.29, 1.82) is 0 Å². The summed E-state index contributed by atoms with van der Waals surface area (Å²) < 4.78 is 32.9. The van der Waals surface area contributed by atoms with Crippen molar-refractivity contribution in [3.8, 4) is 5.75 Å². The molecule has 2 aromatic heterocycles. The van der Waals surface area contributed by atoms with Crippen molar-refractivity contribution >= 4 is 34.6 Å². The topological polar surface area (TPSA) is 84.7 Å². The molecule has 0 bridgehead atoms. The number of sulfonamides is 1. The predicted octanol–water partition coefficient (Wildman–Crippen LogP) is 1.91. The maximum absolute atomic E-state index is 12.3. The van der Waals surface area contributed by atoms with Crippen LogP contribution >= 0.6 is 0 Å². The van der Waals surface area contributed by atoms with Crippen molar-refractivity contribution in [1.82, 2.24) is 14.0 Å². The van der Waals surface area contributed by atoms with Gasteiger partial charge in [0.25, 0.3) is 0 Å². The molecule has 2 aliphatic heterocycles. The molecule has 0 atom stereocenters. The van der Waals surface area contributed by atoms with Crippen molar-refractivity contribution in [3.63, 3.8) is 0 Å². The smallest absolute Gasteiger partial charge is 0.366 e. The molecule has 26 heavy (non-hydrogen) atoms. The molecule has 1 saturated heterocycles. The quantitative estimate of drug-likeness (QED) is 0.652. The molecule has 0 radical (unpaired) electrons. The Bertz CT molecular complexity index is 962. The van der Waals surface area contributed by atoms with E-state index >= 15 is 0 Å². The highest BCUT2D eigenvalue weighted by molar-refractivity contribution is 7.89. The molecule has 0 unspecified atom stereocenters. The zero-order valence-electron chi connectivity index (χ0n) is 14.8. The monoisotopic (exact) mass is 375 g/mol. The van der Waals surface area contributed by atoms with Crippen LogP contribution in [-0.4, -0.2) is 54.0 Å². The van der Waals surface area contributed by atoms with Crippen LogP contribution in [0.15, 0.2) is 18.4 Å². The van der Waals surface area contributed by atoms with Crippen LogP contribution < -0.4 is 4.65 Å². The van der Waals surface area contributed by atoms with Crippen LogP contribution in [0.3, 0.4) is 0 Å². The first kappa shape index (κ1) is 17.4.